The van der Waals surface area contributed by atoms with E-state index in [1.807, 2.05) is 41.1 Å². The fraction of sp³-hybridized carbons (Fsp3) is 0.450. The molecule has 1 amide bonds. The van der Waals surface area contributed by atoms with Crippen LogP contribution >= 0.6 is 0 Å². The van der Waals surface area contributed by atoms with E-state index in [9.17, 15) is 9.59 Å². The molecule has 1 unspecified atom stereocenters. The Morgan fingerprint density at radius 1 is 1.22 bits per heavy atom. The van der Waals surface area contributed by atoms with Gasteiger partial charge in [0.15, 0.2) is 0 Å². The van der Waals surface area contributed by atoms with Gasteiger partial charge in [0.1, 0.15) is 18.2 Å². The van der Waals surface area contributed by atoms with E-state index in [1.54, 1.807) is 33.3 Å². The molecule has 1 aromatic carbocycles. The van der Waals surface area contributed by atoms with Crippen LogP contribution < -0.4 is 5.32 Å². The van der Waals surface area contributed by atoms with Crippen LogP contribution in [0.4, 0.5) is 4.79 Å². The van der Waals surface area contributed by atoms with Crippen LogP contribution in [0.25, 0.3) is 0 Å². The minimum absolute atomic E-state index is 0.160. The summed E-state index contributed by atoms with van der Waals surface area (Å²) in [4.78, 5) is 28.6. The highest BCUT2D eigenvalue weighted by Gasteiger charge is 2.25. The van der Waals surface area contributed by atoms with Gasteiger partial charge in [-0.2, -0.15) is 0 Å². The summed E-state index contributed by atoms with van der Waals surface area (Å²) in [5, 5.41) is 2.63. The van der Waals surface area contributed by atoms with Gasteiger partial charge in [-0.25, -0.2) is 14.6 Å². The zero-order valence-corrected chi connectivity index (χ0v) is 16.1. The monoisotopic (exact) mass is 373 g/mol. The highest BCUT2D eigenvalue weighted by atomic mass is 16.6. The van der Waals surface area contributed by atoms with E-state index in [1.165, 1.54) is 0 Å². The number of imidazole rings is 1. The number of hydrogen-bond donors (Lipinski definition) is 1. The third-order valence-electron chi connectivity index (χ3n) is 3.67. The van der Waals surface area contributed by atoms with Crippen LogP contribution in [0.2, 0.25) is 0 Å². The molecule has 0 aliphatic carbocycles. The summed E-state index contributed by atoms with van der Waals surface area (Å²) >= 11 is 0. The summed E-state index contributed by atoms with van der Waals surface area (Å²) in [6.07, 6.45) is 5.74. The number of benzene rings is 1. The average molecular weight is 373 g/mol. The fourth-order valence-electron chi connectivity index (χ4n) is 2.43. The van der Waals surface area contributed by atoms with Gasteiger partial charge in [0.05, 0.1) is 6.33 Å². The van der Waals surface area contributed by atoms with Crippen LogP contribution in [0.1, 0.15) is 39.2 Å². The fourth-order valence-corrected chi connectivity index (χ4v) is 2.43. The normalized spacial score (nSPS) is 12.3. The maximum atomic E-state index is 12.5. The number of carbonyl (C=O) groups is 2. The molecular formula is C20H27N3O4. The van der Waals surface area contributed by atoms with Gasteiger partial charge in [-0.05, 0) is 39.2 Å². The number of carbonyl (C=O) groups excluding carboxylic acids is 2. The number of esters is 1. The highest BCUT2D eigenvalue weighted by Crippen LogP contribution is 2.10. The van der Waals surface area contributed by atoms with Crippen molar-refractivity contribution in [1.29, 1.82) is 0 Å². The van der Waals surface area contributed by atoms with E-state index in [2.05, 4.69) is 10.3 Å². The molecule has 0 aliphatic rings. The second-order valence-corrected chi connectivity index (χ2v) is 7.23. The van der Waals surface area contributed by atoms with Gasteiger partial charge in [0, 0.05) is 18.9 Å². The predicted octanol–water partition coefficient (Wildman–Crippen LogP) is 3.30. The smallest absolute Gasteiger partial charge is 0.408 e. The molecule has 0 aliphatic heterocycles. The largest absolute Gasteiger partial charge is 0.459 e. The van der Waals surface area contributed by atoms with Crippen LogP contribution in [0.5, 0.6) is 0 Å². The van der Waals surface area contributed by atoms with E-state index >= 15 is 0 Å². The summed E-state index contributed by atoms with van der Waals surface area (Å²) in [6.45, 7) is 6.17. The predicted molar refractivity (Wildman–Crippen MR) is 101 cm³/mol. The lowest BCUT2D eigenvalue weighted by Gasteiger charge is -2.23. The molecule has 0 radical (unpaired) electrons. The van der Waals surface area contributed by atoms with Crippen molar-refractivity contribution in [2.24, 2.45) is 0 Å². The Kier molecular flexibility index (Phi) is 7.40. The van der Waals surface area contributed by atoms with Crippen molar-refractivity contribution in [2.45, 2.75) is 58.4 Å². The standard InChI is InChI=1S/C20H27N3O4/c1-20(2,3)27-19(25)22-17(10-7-12-23-13-11-21-15-23)18(24)26-14-16-8-5-4-6-9-16/h4-6,8-9,11,13,15,17H,7,10,12,14H2,1-3H3,(H,22,25). The first-order chi connectivity index (χ1) is 12.8. The Morgan fingerprint density at radius 2 is 1.96 bits per heavy atom. The maximum Gasteiger partial charge on any atom is 0.408 e. The number of aromatic nitrogens is 2. The van der Waals surface area contributed by atoms with Crippen molar-refractivity contribution < 1.29 is 19.1 Å². The van der Waals surface area contributed by atoms with Crippen LogP contribution in [0.15, 0.2) is 49.1 Å². The average Bonchev–Trinajstić information content (AvgIpc) is 3.11. The first-order valence-corrected chi connectivity index (χ1v) is 8.99. The molecule has 1 N–H and O–H groups in total. The molecular weight excluding hydrogens is 346 g/mol. The number of nitrogens with zero attached hydrogens (tertiary/aromatic N) is 2. The van der Waals surface area contributed by atoms with Gasteiger partial charge in [0.2, 0.25) is 0 Å². The van der Waals surface area contributed by atoms with Crippen molar-refractivity contribution in [3.63, 3.8) is 0 Å². The molecule has 1 heterocycles. The molecule has 0 bridgehead atoms. The summed E-state index contributed by atoms with van der Waals surface area (Å²) in [7, 11) is 0. The third-order valence-corrected chi connectivity index (χ3v) is 3.67. The van der Waals surface area contributed by atoms with Crippen molar-refractivity contribution in [3.8, 4) is 0 Å². The summed E-state index contributed by atoms with van der Waals surface area (Å²) < 4.78 is 12.6. The Morgan fingerprint density at radius 3 is 2.59 bits per heavy atom. The Hall–Kier alpha value is -2.83. The Labute approximate surface area is 159 Å². The second-order valence-electron chi connectivity index (χ2n) is 7.23. The van der Waals surface area contributed by atoms with Crippen molar-refractivity contribution >= 4 is 12.1 Å². The van der Waals surface area contributed by atoms with Crippen LogP contribution in [0.3, 0.4) is 0 Å². The minimum atomic E-state index is -0.771. The molecule has 2 rings (SSSR count). The molecule has 1 atom stereocenters. The first-order valence-electron chi connectivity index (χ1n) is 8.99. The molecule has 7 heteroatoms. The van der Waals surface area contributed by atoms with Crippen LogP contribution in [-0.4, -0.2) is 33.3 Å². The maximum absolute atomic E-state index is 12.5. The second kappa shape index (κ2) is 9.75. The number of aryl methyl sites for hydroxylation is 1. The van der Waals surface area contributed by atoms with Gasteiger partial charge in [-0.1, -0.05) is 30.3 Å². The summed E-state index contributed by atoms with van der Waals surface area (Å²) in [5.41, 5.74) is 0.250. The van der Waals surface area contributed by atoms with E-state index in [4.69, 9.17) is 9.47 Å². The Bertz CT molecular complexity index is 709. The molecule has 2 aromatic rings. The highest BCUT2D eigenvalue weighted by molar-refractivity contribution is 5.81. The van der Waals surface area contributed by atoms with E-state index in [0.717, 1.165) is 5.56 Å². The minimum Gasteiger partial charge on any atom is -0.459 e. The molecule has 27 heavy (non-hydrogen) atoms. The molecule has 0 saturated carbocycles. The molecule has 146 valence electrons. The summed E-state index contributed by atoms with van der Waals surface area (Å²) in [6, 6.07) is 8.64. The van der Waals surface area contributed by atoms with Gasteiger partial charge in [-0.3, -0.25) is 0 Å². The quantitative estimate of drug-likeness (QED) is 0.718. The van der Waals surface area contributed by atoms with Crippen molar-refractivity contribution in [2.75, 3.05) is 0 Å². The lowest BCUT2D eigenvalue weighted by Crippen LogP contribution is -2.44. The first kappa shape index (κ1) is 20.5. The van der Waals surface area contributed by atoms with Gasteiger partial charge in [-0.15, -0.1) is 0 Å². The van der Waals surface area contributed by atoms with Gasteiger partial charge >= 0.3 is 12.1 Å². The number of rotatable bonds is 8. The topological polar surface area (TPSA) is 82.5 Å². The van der Waals surface area contributed by atoms with E-state index in [0.29, 0.717) is 19.4 Å². The zero-order chi connectivity index (χ0) is 19.7. The molecule has 7 nitrogen and oxygen atoms in total. The SMILES string of the molecule is CC(C)(C)OC(=O)NC(CCCn1ccnc1)C(=O)OCc1ccccc1. The lowest BCUT2D eigenvalue weighted by atomic mass is 10.1. The summed E-state index contributed by atoms with van der Waals surface area (Å²) in [5.74, 6) is -0.477. The molecule has 0 fully saturated rings. The van der Waals surface area contributed by atoms with Crippen LogP contribution in [0, 0.1) is 0 Å². The number of alkyl carbamates (subject to hydrolysis) is 1. The van der Waals surface area contributed by atoms with E-state index in [-0.39, 0.29) is 6.61 Å². The van der Waals surface area contributed by atoms with Gasteiger partial charge in [0.25, 0.3) is 0 Å². The molecule has 0 saturated heterocycles. The van der Waals surface area contributed by atoms with Crippen molar-refractivity contribution in [3.05, 3.63) is 54.6 Å². The van der Waals surface area contributed by atoms with Crippen molar-refractivity contribution in [1.82, 2.24) is 14.9 Å². The number of amides is 1. The molecule has 1 aromatic heterocycles. The molecule has 0 spiro atoms. The third kappa shape index (κ3) is 7.94. The Balaban J connectivity index is 1.91. The lowest BCUT2D eigenvalue weighted by molar-refractivity contribution is -0.147. The zero-order valence-electron chi connectivity index (χ0n) is 16.1. The number of nitrogens with one attached hydrogen (secondary N) is 1. The number of hydrogen-bond acceptors (Lipinski definition) is 5. The van der Waals surface area contributed by atoms with Gasteiger partial charge < -0.3 is 19.4 Å². The number of ether oxygens (including phenoxy) is 2. The van der Waals surface area contributed by atoms with Crippen LogP contribution in [-0.2, 0) is 27.4 Å². The van der Waals surface area contributed by atoms with E-state index < -0.39 is 23.7 Å².